The number of ether oxygens (including phenoxy) is 1. The average Bonchev–Trinajstić information content (AvgIpc) is 2.64. The van der Waals surface area contributed by atoms with Crippen molar-refractivity contribution in [1.29, 1.82) is 0 Å². The van der Waals surface area contributed by atoms with Gasteiger partial charge in [0.15, 0.2) is 0 Å². The van der Waals surface area contributed by atoms with Crippen molar-refractivity contribution < 1.29 is 18.5 Å². The quantitative estimate of drug-likeness (QED) is 0.235. The number of halogens is 2. The molecule has 0 radical (unpaired) electrons. The van der Waals surface area contributed by atoms with Crippen molar-refractivity contribution in [2.75, 3.05) is 0 Å². The van der Waals surface area contributed by atoms with E-state index in [1.54, 1.807) is 18.2 Å². The second kappa shape index (κ2) is 5.26. The number of benzene rings is 3. The maximum Gasteiger partial charge on any atom is 0.252 e. The van der Waals surface area contributed by atoms with Gasteiger partial charge in [0.2, 0.25) is 11.2 Å². The third kappa shape index (κ3) is 1.99. The maximum atomic E-state index is 13.9. The van der Waals surface area contributed by atoms with Gasteiger partial charge in [0.25, 0.3) is 5.24 Å². The molecule has 0 saturated heterocycles. The smallest absolute Gasteiger partial charge is 0.252 e. The molecule has 0 N–H and O–H groups in total. The van der Waals surface area contributed by atoms with Crippen molar-refractivity contribution in [3.05, 3.63) is 66.0 Å². The molecular formula is C21H12ClFNO2+. The van der Waals surface area contributed by atoms with Crippen molar-refractivity contribution >= 4 is 38.5 Å². The Bertz CT molecular complexity index is 1270. The van der Waals surface area contributed by atoms with Crippen LogP contribution in [0.1, 0.15) is 10.4 Å². The van der Waals surface area contributed by atoms with Crippen LogP contribution in [-0.4, -0.2) is 5.24 Å². The zero-order valence-electron chi connectivity index (χ0n) is 13.7. The lowest BCUT2D eigenvalue weighted by atomic mass is 9.95. The Morgan fingerprint density at radius 2 is 1.88 bits per heavy atom. The van der Waals surface area contributed by atoms with E-state index in [9.17, 15) is 9.18 Å². The fourth-order valence-corrected chi connectivity index (χ4v) is 3.86. The highest BCUT2D eigenvalue weighted by Crippen LogP contribution is 2.46. The van der Waals surface area contributed by atoms with Crippen LogP contribution in [0.2, 0.25) is 0 Å². The maximum absolute atomic E-state index is 13.9. The first-order valence-electron chi connectivity index (χ1n) is 8.10. The molecule has 26 heavy (non-hydrogen) atoms. The standard InChI is InChI=1S/C21H12ClFNO2/c1-24-16-9-11(21(22)25)5-7-13(16)14-3-2-4-18-19(14)20(24)15-10-12(23)6-8-17(15)26-18/h2-10H,1H3/q+1. The third-order valence-electron chi connectivity index (χ3n) is 4.89. The Hall–Kier alpha value is -2.98. The van der Waals surface area contributed by atoms with Crippen LogP contribution in [0.15, 0.2) is 54.6 Å². The van der Waals surface area contributed by atoms with E-state index < -0.39 is 5.24 Å². The molecular weight excluding hydrogens is 353 g/mol. The van der Waals surface area contributed by atoms with Crippen molar-refractivity contribution in [3.63, 3.8) is 0 Å². The first-order chi connectivity index (χ1) is 12.5. The number of nitrogens with zero attached hydrogens (tertiary/aromatic N) is 1. The molecule has 0 saturated carbocycles. The van der Waals surface area contributed by atoms with Gasteiger partial charge in [-0.25, -0.2) is 4.39 Å². The van der Waals surface area contributed by atoms with Crippen LogP contribution >= 0.6 is 11.6 Å². The zero-order chi connectivity index (χ0) is 18.0. The molecule has 0 spiro atoms. The molecule has 0 atom stereocenters. The first kappa shape index (κ1) is 15.3. The summed E-state index contributed by atoms with van der Waals surface area (Å²) in [6, 6.07) is 15.7. The van der Waals surface area contributed by atoms with Crippen molar-refractivity contribution in [2.45, 2.75) is 0 Å². The number of rotatable bonds is 1. The SMILES string of the molecule is C[n+]1c2c3c(cccc3c3ccc(C(=O)Cl)cc31)Oc1ccc(F)cc1-2. The Morgan fingerprint density at radius 1 is 1.04 bits per heavy atom. The monoisotopic (exact) mass is 364 g/mol. The second-order valence-electron chi connectivity index (χ2n) is 6.33. The van der Waals surface area contributed by atoms with Crippen molar-refractivity contribution in [1.82, 2.24) is 0 Å². The summed E-state index contributed by atoms with van der Waals surface area (Å²) in [6.45, 7) is 0. The number of carbonyl (C=O) groups excluding carboxylic acids is 1. The van der Waals surface area contributed by atoms with E-state index in [4.69, 9.17) is 16.3 Å². The Labute approximate surface area is 153 Å². The number of hydrogen-bond donors (Lipinski definition) is 0. The van der Waals surface area contributed by atoms with E-state index >= 15 is 0 Å². The molecule has 5 rings (SSSR count). The molecule has 1 aromatic heterocycles. The van der Waals surface area contributed by atoms with Gasteiger partial charge in [-0.05, 0) is 48.0 Å². The van der Waals surface area contributed by atoms with Crippen LogP contribution in [0, 0.1) is 5.82 Å². The van der Waals surface area contributed by atoms with Crippen LogP contribution in [-0.2, 0) is 7.05 Å². The number of hydrogen-bond acceptors (Lipinski definition) is 2. The van der Waals surface area contributed by atoms with E-state index in [-0.39, 0.29) is 5.82 Å². The van der Waals surface area contributed by atoms with Crippen LogP contribution in [0.4, 0.5) is 4.39 Å². The van der Waals surface area contributed by atoms with Crippen LogP contribution in [0.5, 0.6) is 11.5 Å². The first-order valence-corrected chi connectivity index (χ1v) is 8.48. The summed E-state index contributed by atoms with van der Waals surface area (Å²) < 4.78 is 21.9. The molecule has 4 aromatic rings. The predicted molar refractivity (Wildman–Crippen MR) is 98.3 cm³/mol. The minimum Gasteiger partial charge on any atom is -0.456 e. The molecule has 0 amide bonds. The summed E-state index contributed by atoms with van der Waals surface area (Å²) in [5, 5.41) is 2.36. The summed E-state index contributed by atoms with van der Waals surface area (Å²) in [4.78, 5) is 11.6. The van der Waals surface area contributed by atoms with E-state index in [1.165, 1.54) is 12.1 Å². The van der Waals surface area contributed by atoms with E-state index in [0.717, 1.165) is 33.1 Å². The van der Waals surface area contributed by atoms with Gasteiger partial charge in [-0.2, -0.15) is 4.57 Å². The molecule has 3 aromatic carbocycles. The minimum absolute atomic E-state index is 0.329. The fourth-order valence-electron chi connectivity index (χ4n) is 3.74. The molecule has 126 valence electrons. The Balaban J connectivity index is 2.02. The van der Waals surface area contributed by atoms with Gasteiger partial charge in [-0.15, -0.1) is 0 Å². The number of fused-ring (bicyclic) bond motifs is 4. The van der Waals surface area contributed by atoms with Gasteiger partial charge in [0, 0.05) is 17.0 Å². The highest BCUT2D eigenvalue weighted by atomic mass is 35.5. The van der Waals surface area contributed by atoms with Crippen LogP contribution < -0.4 is 9.30 Å². The summed E-state index contributed by atoms with van der Waals surface area (Å²) >= 11 is 5.67. The Kier molecular flexibility index (Phi) is 3.09. The molecule has 0 aliphatic carbocycles. The molecule has 5 heteroatoms. The molecule has 1 aliphatic heterocycles. The summed E-state index contributed by atoms with van der Waals surface area (Å²) in [5.41, 5.74) is 2.79. The molecule has 3 nitrogen and oxygen atoms in total. The molecule has 1 aliphatic rings. The second-order valence-corrected chi connectivity index (χ2v) is 6.68. The minimum atomic E-state index is -0.510. The largest absolute Gasteiger partial charge is 0.456 e. The lowest BCUT2D eigenvalue weighted by Crippen LogP contribution is -2.33. The fraction of sp³-hybridized carbons (Fsp3) is 0.0476. The predicted octanol–water partition coefficient (Wildman–Crippen LogP) is 5.11. The molecule has 0 bridgehead atoms. The number of aromatic nitrogens is 1. The van der Waals surface area contributed by atoms with Gasteiger partial charge in [0.1, 0.15) is 24.4 Å². The topological polar surface area (TPSA) is 30.2 Å². The zero-order valence-corrected chi connectivity index (χ0v) is 14.5. The van der Waals surface area contributed by atoms with Crippen molar-refractivity contribution in [3.8, 4) is 22.8 Å². The Morgan fingerprint density at radius 3 is 2.69 bits per heavy atom. The summed E-state index contributed by atoms with van der Waals surface area (Å²) in [6.07, 6.45) is 0. The summed E-state index contributed by atoms with van der Waals surface area (Å²) in [7, 11) is 1.90. The van der Waals surface area contributed by atoms with Gasteiger partial charge in [0.05, 0.1) is 16.3 Å². The normalized spacial score (nSPS) is 12.1. The lowest BCUT2D eigenvalue weighted by molar-refractivity contribution is -0.632. The third-order valence-corrected chi connectivity index (χ3v) is 5.11. The average molecular weight is 365 g/mol. The van der Waals surface area contributed by atoms with E-state index in [2.05, 4.69) is 0 Å². The van der Waals surface area contributed by atoms with Gasteiger partial charge < -0.3 is 4.74 Å². The number of aryl methyl sites for hydroxylation is 1. The van der Waals surface area contributed by atoms with E-state index in [0.29, 0.717) is 16.9 Å². The number of carbonyl (C=O) groups is 1. The van der Waals surface area contributed by atoms with Crippen LogP contribution in [0.25, 0.3) is 32.9 Å². The lowest BCUT2D eigenvalue weighted by Gasteiger charge is -2.20. The van der Waals surface area contributed by atoms with Crippen LogP contribution in [0.3, 0.4) is 0 Å². The van der Waals surface area contributed by atoms with Gasteiger partial charge in [-0.3, -0.25) is 4.79 Å². The van der Waals surface area contributed by atoms with Gasteiger partial charge >= 0.3 is 0 Å². The summed E-state index contributed by atoms with van der Waals surface area (Å²) in [5.74, 6) is 1.00. The molecule has 0 unspecified atom stereocenters. The highest BCUT2D eigenvalue weighted by molar-refractivity contribution is 6.67. The van der Waals surface area contributed by atoms with E-state index in [1.807, 2.05) is 35.9 Å². The van der Waals surface area contributed by atoms with Gasteiger partial charge in [-0.1, -0.05) is 12.1 Å². The number of pyridine rings is 1. The van der Waals surface area contributed by atoms with Crippen molar-refractivity contribution in [2.24, 2.45) is 7.05 Å². The highest BCUT2D eigenvalue weighted by Gasteiger charge is 2.30. The molecule has 0 fully saturated rings. The molecule has 2 heterocycles.